The van der Waals surface area contributed by atoms with Gasteiger partial charge in [0.15, 0.2) is 0 Å². The second-order valence-corrected chi connectivity index (χ2v) is 2.90. The van der Waals surface area contributed by atoms with Crippen molar-refractivity contribution >= 4 is 23.8 Å². The summed E-state index contributed by atoms with van der Waals surface area (Å²) in [5, 5.41) is 18.9. The molecule has 0 aromatic heterocycles. The number of non-ortho nitro benzene ring substituents is 1. The highest BCUT2D eigenvalue weighted by atomic mass is 16.6. The zero-order valence-corrected chi connectivity index (χ0v) is 8.07. The standard InChI is InChI=1S/C9H8N2O5/c12-6-10(5-9(13)14)7-1-3-8(4-2-7)11(15)16/h1-4,6H,5H2,(H,13,14). The van der Waals surface area contributed by atoms with Gasteiger partial charge in [-0.3, -0.25) is 19.7 Å². The predicted octanol–water partition coefficient (Wildman–Crippen LogP) is 0.642. The number of anilines is 1. The fourth-order valence-electron chi connectivity index (χ4n) is 1.10. The van der Waals surface area contributed by atoms with E-state index in [-0.39, 0.29) is 5.69 Å². The van der Waals surface area contributed by atoms with E-state index in [9.17, 15) is 19.7 Å². The minimum absolute atomic E-state index is 0.120. The van der Waals surface area contributed by atoms with Crippen LogP contribution in [0.1, 0.15) is 0 Å². The maximum absolute atomic E-state index is 10.6. The van der Waals surface area contributed by atoms with Gasteiger partial charge in [0, 0.05) is 17.8 Å². The summed E-state index contributed by atoms with van der Waals surface area (Å²) in [6, 6.07) is 5.03. The molecule has 84 valence electrons. The van der Waals surface area contributed by atoms with Crippen LogP contribution >= 0.6 is 0 Å². The summed E-state index contributed by atoms with van der Waals surface area (Å²) >= 11 is 0. The number of aliphatic carboxylic acids is 1. The molecule has 0 saturated carbocycles. The summed E-state index contributed by atoms with van der Waals surface area (Å²) in [5.41, 5.74) is 0.174. The van der Waals surface area contributed by atoms with Crippen LogP contribution < -0.4 is 4.90 Å². The van der Waals surface area contributed by atoms with Crippen molar-refractivity contribution < 1.29 is 19.6 Å². The van der Waals surface area contributed by atoms with Crippen molar-refractivity contribution in [2.75, 3.05) is 11.4 Å². The molecule has 1 rings (SSSR count). The molecule has 0 bridgehead atoms. The summed E-state index contributed by atoms with van der Waals surface area (Å²) in [4.78, 5) is 31.7. The van der Waals surface area contributed by atoms with E-state index in [1.165, 1.54) is 24.3 Å². The van der Waals surface area contributed by atoms with Crippen molar-refractivity contribution in [2.45, 2.75) is 0 Å². The van der Waals surface area contributed by atoms with Gasteiger partial charge in [0.1, 0.15) is 6.54 Å². The second kappa shape index (κ2) is 4.87. The Morgan fingerprint density at radius 2 is 2.00 bits per heavy atom. The number of carboxylic acids is 1. The summed E-state index contributed by atoms with van der Waals surface area (Å²) in [6.45, 7) is -0.485. The Morgan fingerprint density at radius 1 is 1.44 bits per heavy atom. The van der Waals surface area contributed by atoms with E-state index in [0.717, 1.165) is 4.90 Å². The monoisotopic (exact) mass is 224 g/mol. The largest absolute Gasteiger partial charge is 0.480 e. The summed E-state index contributed by atoms with van der Waals surface area (Å²) in [5.74, 6) is -1.16. The number of carboxylic acid groups (broad SMARTS) is 1. The third-order valence-corrected chi connectivity index (χ3v) is 1.83. The molecule has 0 unspecified atom stereocenters. The van der Waals surface area contributed by atoms with Gasteiger partial charge in [-0.15, -0.1) is 0 Å². The number of nitro groups is 1. The van der Waals surface area contributed by atoms with Crippen LogP contribution in [0.2, 0.25) is 0 Å². The lowest BCUT2D eigenvalue weighted by Gasteiger charge is -2.13. The van der Waals surface area contributed by atoms with Gasteiger partial charge < -0.3 is 10.0 Å². The van der Waals surface area contributed by atoms with Gasteiger partial charge in [-0.1, -0.05) is 0 Å². The minimum atomic E-state index is -1.16. The highest BCUT2D eigenvalue weighted by Crippen LogP contribution is 2.18. The molecule has 0 aliphatic carbocycles. The Kier molecular flexibility index (Phi) is 3.54. The van der Waals surface area contributed by atoms with Gasteiger partial charge in [0.2, 0.25) is 6.41 Å². The number of amides is 1. The lowest BCUT2D eigenvalue weighted by Crippen LogP contribution is -2.27. The Bertz CT molecular complexity index is 414. The molecule has 1 N–H and O–H groups in total. The molecular formula is C9H8N2O5. The summed E-state index contributed by atoms with van der Waals surface area (Å²) in [6.07, 6.45) is 0.356. The molecule has 0 heterocycles. The number of nitro benzene ring substituents is 1. The van der Waals surface area contributed by atoms with Crippen molar-refractivity contribution in [3.05, 3.63) is 34.4 Å². The number of carbonyl (C=O) groups is 2. The van der Waals surface area contributed by atoms with Crippen molar-refractivity contribution in [3.8, 4) is 0 Å². The van der Waals surface area contributed by atoms with E-state index in [2.05, 4.69) is 0 Å². The molecule has 1 aromatic carbocycles. The van der Waals surface area contributed by atoms with E-state index in [1.54, 1.807) is 0 Å². The molecule has 7 heteroatoms. The first-order valence-electron chi connectivity index (χ1n) is 4.23. The van der Waals surface area contributed by atoms with Gasteiger partial charge in [0.25, 0.3) is 5.69 Å². The van der Waals surface area contributed by atoms with Crippen LogP contribution in [-0.4, -0.2) is 29.0 Å². The smallest absolute Gasteiger partial charge is 0.323 e. The first-order valence-corrected chi connectivity index (χ1v) is 4.23. The Hall–Kier alpha value is -2.44. The predicted molar refractivity (Wildman–Crippen MR) is 54.1 cm³/mol. The van der Waals surface area contributed by atoms with E-state index in [4.69, 9.17) is 5.11 Å². The second-order valence-electron chi connectivity index (χ2n) is 2.90. The third kappa shape index (κ3) is 2.77. The van der Waals surface area contributed by atoms with Crippen LogP contribution in [0.15, 0.2) is 24.3 Å². The first kappa shape index (κ1) is 11.6. The van der Waals surface area contributed by atoms with E-state index in [1.807, 2.05) is 0 Å². The van der Waals surface area contributed by atoms with Gasteiger partial charge in [-0.05, 0) is 12.1 Å². The van der Waals surface area contributed by atoms with Crippen LogP contribution in [0.5, 0.6) is 0 Å². The zero-order valence-electron chi connectivity index (χ0n) is 8.07. The molecule has 7 nitrogen and oxygen atoms in total. The molecule has 16 heavy (non-hydrogen) atoms. The highest BCUT2D eigenvalue weighted by molar-refractivity contribution is 5.84. The SMILES string of the molecule is O=CN(CC(=O)O)c1ccc([N+](=O)[O-])cc1. The number of nitrogens with zero attached hydrogens (tertiary/aromatic N) is 2. The number of rotatable bonds is 5. The zero-order chi connectivity index (χ0) is 12.1. The van der Waals surface area contributed by atoms with Crippen LogP contribution in [0.3, 0.4) is 0 Å². The Labute approximate surface area is 90.1 Å². The quantitative estimate of drug-likeness (QED) is 0.449. The maximum Gasteiger partial charge on any atom is 0.323 e. The molecule has 0 aliphatic heterocycles. The molecule has 0 spiro atoms. The maximum atomic E-state index is 10.6. The normalized spacial score (nSPS) is 9.50. The lowest BCUT2D eigenvalue weighted by molar-refractivity contribution is -0.384. The van der Waals surface area contributed by atoms with Crippen LogP contribution in [0.25, 0.3) is 0 Å². The van der Waals surface area contributed by atoms with Gasteiger partial charge >= 0.3 is 5.97 Å². The van der Waals surface area contributed by atoms with Crippen molar-refractivity contribution in [2.24, 2.45) is 0 Å². The molecule has 1 amide bonds. The Morgan fingerprint density at radius 3 is 2.38 bits per heavy atom. The molecular weight excluding hydrogens is 216 g/mol. The van der Waals surface area contributed by atoms with Gasteiger partial charge in [-0.2, -0.15) is 0 Å². The van der Waals surface area contributed by atoms with Crippen LogP contribution in [-0.2, 0) is 9.59 Å². The van der Waals surface area contributed by atoms with Crippen LogP contribution in [0.4, 0.5) is 11.4 Å². The molecule has 1 aromatic rings. The van der Waals surface area contributed by atoms with E-state index >= 15 is 0 Å². The number of carbonyl (C=O) groups excluding carboxylic acids is 1. The fourth-order valence-corrected chi connectivity index (χ4v) is 1.10. The average molecular weight is 224 g/mol. The van der Waals surface area contributed by atoms with Crippen molar-refractivity contribution in [1.82, 2.24) is 0 Å². The van der Waals surface area contributed by atoms with Gasteiger partial charge in [0.05, 0.1) is 4.92 Å². The van der Waals surface area contributed by atoms with Gasteiger partial charge in [-0.25, -0.2) is 0 Å². The fraction of sp³-hybridized carbons (Fsp3) is 0.111. The number of hydrogen-bond donors (Lipinski definition) is 1. The molecule has 0 aliphatic rings. The molecule has 0 saturated heterocycles. The average Bonchev–Trinajstić information content (AvgIpc) is 2.25. The summed E-state index contributed by atoms with van der Waals surface area (Å²) < 4.78 is 0. The highest BCUT2D eigenvalue weighted by Gasteiger charge is 2.11. The number of benzene rings is 1. The Balaban J connectivity index is 2.90. The molecule has 0 atom stereocenters. The van der Waals surface area contributed by atoms with E-state index < -0.39 is 17.4 Å². The minimum Gasteiger partial charge on any atom is -0.480 e. The molecule has 0 radical (unpaired) electrons. The first-order chi connectivity index (χ1) is 7.54. The lowest BCUT2D eigenvalue weighted by atomic mass is 10.2. The molecule has 0 fully saturated rings. The third-order valence-electron chi connectivity index (χ3n) is 1.83. The topological polar surface area (TPSA) is 101 Å². The van der Waals surface area contributed by atoms with Crippen molar-refractivity contribution in [1.29, 1.82) is 0 Å². The summed E-state index contributed by atoms with van der Waals surface area (Å²) in [7, 11) is 0. The number of hydrogen-bond acceptors (Lipinski definition) is 4. The van der Waals surface area contributed by atoms with Crippen molar-refractivity contribution in [3.63, 3.8) is 0 Å². The van der Waals surface area contributed by atoms with Crippen LogP contribution in [0, 0.1) is 10.1 Å². The van der Waals surface area contributed by atoms with E-state index in [0.29, 0.717) is 12.1 Å².